The Bertz CT molecular complexity index is 1060. The van der Waals surface area contributed by atoms with Crippen LogP contribution < -0.4 is 15.4 Å². The summed E-state index contributed by atoms with van der Waals surface area (Å²) in [7, 11) is 0. The molecule has 29 heavy (non-hydrogen) atoms. The largest absolute Gasteiger partial charge is 0.463 e. The summed E-state index contributed by atoms with van der Waals surface area (Å²) in [5.41, 5.74) is 8.05. The summed E-state index contributed by atoms with van der Waals surface area (Å²) in [5, 5.41) is 11.1. The van der Waals surface area contributed by atoms with Crippen molar-refractivity contribution in [2.24, 2.45) is 5.73 Å². The average Bonchev–Trinajstić information content (AvgIpc) is 2.83. The molecule has 0 bridgehead atoms. The van der Waals surface area contributed by atoms with Gasteiger partial charge in [0.25, 0.3) is 5.69 Å². The number of anilines is 1. The second-order valence-electron chi connectivity index (χ2n) is 8.12. The zero-order chi connectivity index (χ0) is 21.0. The second-order valence-corrected chi connectivity index (χ2v) is 8.12. The van der Waals surface area contributed by atoms with Crippen LogP contribution in [0.1, 0.15) is 37.0 Å². The number of benzene rings is 2. The number of primary amides is 1. The number of fused-ring (bicyclic) bond motifs is 2. The number of nitrogens with two attached hydrogens (primary N) is 1. The quantitative estimate of drug-likeness (QED) is 0.631. The maximum atomic E-state index is 11.5. The van der Waals surface area contributed by atoms with Crippen LogP contribution in [0.15, 0.2) is 42.5 Å². The van der Waals surface area contributed by atoms with Crippen molar-refractivity contribution >= 4 is 23.4 Å². The van der Waals surface area contributed by atoms with Gasteiger partial charge in [0.2, 0.25) is 11.6 Å². The molecule has 1 atom stereocenters. The Balaban J connectivity index is 1.85. The fourth-order valence-electron chi connectivity index (χ4n) is 4.36. The molecule has 0 radical (unpaired) electrons. The Morgan fingerprint density at radius 1 is 1.24 bits per heavy atom. The van der Waals surface area contributed by atoms with Crippen LogP contribution in [-0.2, 0) is 10.2 Å². The fourth-order valence-corrected chi connectivity index (χ4v) is 4.36. The summed E-state index contributed by atoms with van der Waals surface area (Å²) < 4.78 is 6.56. The molecule has 2 N–H and O–H groups in total. The molecule has 1 amide bonds. The number of non-ortho nitro benzene ring substituents is 1. The number of nitro benzene ring substituents is 1. The lowest BCUT2D eigenvalue weighted by Gasteiger charge is -2.47. The van der Waals surface area contributed by atoms with Crippen LogP contribution in [0, 0.1) is 17.0 Å². The van der Waals surface area contributed by atoms with Gasteiger partial charge in [0.1, 0.15) is 5.75 Å². The van der Waals surface area contributed by atoms with Crippen molar-refractivity contribution in [1.29, 1.82) is 0 Å². The van der Waals surface area contributed by atoms with Crippen LogP contribution in [-0.4, -0.2) is 23.1 Å². The van der Waals surface area contributed by atoms with E-state index in [9.17, 15) is 14.9 Å². The van der Waals surface area contributed by atoms with E-state index in [0.29, 0.717) is 17.9 Å². The molecule has 1 unspecified atom stereocenters. The number of nitrogens with zero attached hydrogens (tertiary/aromatic N) is 2. The van der Waals surface area contributed by atoms with Crippen LogP contribution in [0.3, 0.4) is 0 Å². The summed E-state index contributed by atoms with van der Waals surface area (Å²) in [4.78, 5) is 24.3. The van der Waals surface area contributed by atoms with E-state index in [4.69, 9.17) is 10.5 Å². The zero-order valence-electron chi connectivity index (χ0n) is 16.6. The molecule has 0 aliphatic carbocycles. The van der Waals surface area contributed by atoms with Crippen molar-refractivity contribution in [1.82, 2.24) is 0 Å². The number of carbonyl (C=O) groups is 1. The van der Waals surface area contributed by atoms with Crippen molar-refractivity contribution in [3.05, 3.63) is 69.3 Å². The average molecular weight is 393 g/mol. The van der Waals surface area contributed by atoms with E-state index in [1.54, 1.807) is 6.07 Å². The Morgan fingerprint density at radius 2 is 2.00 bits per heavy atom. The van der Waals surface area contributed by atoms with Crippen LogP contribution in [0.25, 0.3) is 6.08 Å². The number of hydrogen-bond acceptors (Lipinski definition) is 5. The van der Waals surface area contributed by atoms with E-state index in [1.807, 2.05) is 31.2 Å². The SMILES string of the molecule is Cc1ccc2c(c1)C(C)(C)C1(C=Cc3cc([N+](=O)[O-])ccc3O1)N2CCC(N)=O. The Kier molecular flexibility index (Phi) is 4.15. The molecular weight excluding hydrogens is 370 g/mol. The van der Waals surface area contributed by atoms with Crippen LogP contribution >= 0.6 is 0 Å². The van der Waals surface area contributed by atoms with Crippen molar-refractivity contribution in [2.75, 3.05) is 11.4 Å². The van der Waals surface area contributed by atoms with Gasteiger partial charge < -0.3 is 15.4 Å². The highest BCUT2D eigenvalue weighted by atomic mass is 16.6. The van der Waals surface area contributed by atoms with Crippen molar-refractivity contribution < 1.29 is 14.5 Å². The number of aryl methyl sites for hydroxylation is 1. The third kappa shape index (κ3) is 2.76. The van der Waals surface area contributed by atoms with E-state index in [-0.39, 0.29) is 18.0 Å². The Hall–Kier alpha value is -3.35. The van der Waals surface area contributed by atoms with Gasteiger partial charge >= 0.3 is 0 Å². The van der Waals surface area contributed by atoms with E-state index in [2.05, 4.69) is 24.8 Å². The molecule has 4 rings (SSSR count). The normalized spacial score (nSPS) is 20.9. The number of carbonyl (C=O) groups excluding carboxylic acids is 1. The maximum absolute atomic E-state index is 11.5. The molecule has 2 aromatic rings. The second kappa shape index (κ2) is 6.34. The monoisotopic (exact) mass is 393 g/mol. The molecule has 0 fully saturated rings. The topological polar surface area (TPSA) is 98.7 Å². The molecule has 0 saturated carbocycles. The standard InChI is InChI=1S/C22H23N3O4/c1-14-4-6-18-17(12-14)21(2,3)22(24(18)11-9-20(23)26)10-8-15-13-16(25(27)28)5-7-19(15)29-22/h4-8,10,12-13H,9,11H2,1-3H3,(H2,23,26). The van der Waals surface area contributed by atoms with Crippen molar-refractivity contribution in [3.8, 4) is 5.75 Å². The van der Waals surface area contributed by atoms with Gasteiger partial charge in [-0.3, -0.25) is 14.9 Å². The minimum atomic E-state index is -0.873. The molecule has 7 heteroatoms. The highest BCUT2D eigenvalue weighted by Crippen LogP contribution is 2.55. The van der Waals surface area contributed by atoms with Gasteiger partial charge in [-0.25, -0.2) is 0 Å². The van der Waals surface area contributed by atoms with Crippen LogP contribution in [0.4, 0.5) is 11.4 Å². The molecule has 150 valence electrons. The van der Waals surface area contributed by atoms with Gasteiger partial charge in [-0.15, -0.1) is 0 Å². The van der Waals surface area contributed by atoms with E-state index in [0.717, 1.165) is 16.8 Å². The van der Waals surface area contributed by atoms with E-state index < -0.39 is 16.1 Å². The minimum Gasteiger partial charge on any atom is -0.463 e. The van der Waals surface area contributed by atoms with Gasteiger partial charge in [0.15, 0.2) is 0 Å². The molecule has 2 aliphatic heterocycles. The van der Waals surface area contributed by atoms with E-state index in [1.165, 1.54) is 12.1 Å². The van der Waals surface area contributed by atoms with Gasteiger partial charge in [0.05, 0.1) is 10.3 Å². The highest BCUT2D eigenvalue weighted by Gasteiger charge is 2.58. The van der Waals surface area contributed by atoms with Crippen LogP contribution in [0.5, 0.6) is 5.75 Å². The molecular formula is C22H23N3O4. The summed E-state index contributed by atoms with van der Waals surface area (Å²) in [5.74, 6) is 0.189. The first-order valence-electron chi connectivity index (χ1n) is 9.49. The maximum Gasteiger partial charge on any atom is 0.270 e. The van der Waals surface area contributed by atoms with E-state index >= 15 is 0 Å². The first-order chi connectivity index (χ1) is 13.7. The highest BCUT2D eigenvalue weighted by molar-refractivity contribution is 5.77. The lowest BCUT2D eigenvalue weighted by molar-refractivity contribution is -0.384. The molecule has 2 aliphatic rings. The third-order valence-corrected chi connectivity index (χ3v) is 5.95. The van der Waals surface area contributed by atoms with Gasteiger partial charge in [-0.2, -0.15) is 0 Å². The number of hydrogen-bond donors (Lipinski definition) is 1. The zero-order valence-corrected chi connectivity index (χ0v) is 16.6. The number of ether oxygens (including phenoxy) is 1. The van der Waals surface area contributed by atoms with Crippen molar-refractivity contribution in [3.63, 3.8) is 0 Å². The lowest BCUT2D eigenvalue weighted by atomic mass is 9.76. The Morgan fingerprint density at radius 3 is 2.69 bits per heavy atom. The van der Waals surface area contributed by atoms with Crippen molar-refractivity contribution in [2.45, 2.75) is 38.3 Å². The summed E-state index contributed by atoms with van der Waals surface area (Å²) in [6.45, 7) is 6.66. The predicted octanol–water partition coefficient (Wildman–Crippen LogP) is 3.68. The molecule has 1 spiro atoms. The van der Waals surface area contributed by atoms with Gasteiger partial charge in [0, 0.05) is 36.3 Å². The Labute approximate surface area is 168 Å². The van der Waals surface area contributed by atoms with Gasteiger partial charge in [-0.05, 0) is 50.6 Å². The third-order valence-electron chi connectivity index (χ3n) is 5.95. The molecule has 0 aromatic heterocycles. The minimum absolute atomic E-state index is 0.0168. The first kappa shape index (κ1) is 19.0. The molecule has 2 aromatic carbocycles. The summed E-state index contributed by atoms with van der Waals surface area (Å²) in [6.07, 6.45) is 3.99. The number of nitro groups is 1. The molecule has 0 saturated heterocycles. The smallest absolute Gasteiger partial charge is 0.270 e. The van der Waals surface area contributed by atoms with Gasteiger partial charge in [-0.1, -0.05) is 17.7 Å². The predicted molar refractivity (Wildman–Crippen MR) is 111 cm³/mol. The molecule has 2 heterocycles. The molecule has 7 nitrogen and oxygen atoms in total. The first-order valence-corrected chi connectivity index (χ1v) is 9.49. The lowest BCUT2D eigenvalue weighted by Crippen LogP contribution is -2.60. The fraction of sp³-hybridized carbons (Fsp3) is 0.318. The number of amides is 1. The number of rotatable bonds is 4. The summed E-state index contributed by atoms with van der Waals surface area (Å²) in [6, 6.07) is 10.8. The summed E-state index contributed by atoms with van der Waals surface area (Å²) >= 11 is 0. The van der Waals surface area contributed by atoms with Crippen LogP contribution in [0.2, 0.25) is 0 Å².